The average molecular weight is 409 g/mol. The Morgan fingerprint density at radius 2 is 1.95 bits per heavy atom. The lowest BCUT2D eigenvalue weighted by atomic mass is 10.0. The predicted octanol–water partition coefficient (Wildman–Crippen LogP) is 3.68. The van der Waals surface area contributed by atoms with Crippen molar-refractivity contribution in [1.82, 2.24) is 4.72 Å². The molecule has 0 atom stereocenters. The number of hydrogen-bond donors (Lipinski definition) is 1. The average Bonchev–Trinajstić information content (AvgIpc) is 3.19. The molecule has 1 N–H and O–H groups in total. The van der Waals surface area contributed by atoms with E-state index in [2.05, 4.69) is 36.6 Å². The standard InChI is InChI=1S/C13H15Br2NO2S/c14-10-3-4-12(11(15)7-10)19(17,18)16-8-13(5-6-13)9-1-2-9/h3-4,7,9,16H,1-2,5-6,8H2. The van der Waals surface area contributed by atoms with E-state index < -0.39 is 10.0 Å². The number of rotatable bonds is 5. The summed E-state index contributed by atoms with van der Waals surface area (Å²) in [4.78, 5) is 0.308. The molecule has 0 unspecified atom stereocenters. The molecule has 3 nitrogen and oxygen atoms in total. The van der Waals surface area contributed by atoms with Gasteiger partial charge in [-0.25, -0.2) is 13.1 Å². The normalized spacial score (nSPS) is 21.4. The highest BCUT2D eigenvalue weighted by Crippen LogP contribution is 2.60. The van der Waals surface area contributed by atoms with E-state index in [4.69, 9.17) is 0 Å². The van der Waals surface area contributed by atoms with Crippen LogP contribution >= 0.6 is 31.9 Å². The number of halogens is 2. The van der Waals surface area contributed by atoms with Crippen molar-refractivity contribution in [3.05, 3.63) is 27.1 Å². The summed E-state index contributed by atoms with van der Waals surface area (Å²) in [7, 11) is -3.42. The Morgan fingerprint density at radius 3 is 2.47 bits per heavy atom. The minimum atomic E-state index is -3.42. The zero-order chi connectivity index (χ0) is 13.7. The minimum Gasteiger partial charge on any atom is -0.211 e. The van der Waals surface area contributed by atoms with Gasteiger partial charge >= 0.3 is 0 Å². The van der Waals surface area contributed by atoms with Gasteiger partial charge in [-0.05, 0) is 71.1 Å². The zero-order valence-corrected chi connectivity index (χ0v) is 14.3. The Bertz CT molecular complexity index is 607. The third-order valence-corrected chi connectivity index (χ3v) is 7.00. The highest BCUT2D eigenvalue weighted by Gasteiger charge is 2.53. The number of benzene rings is 1. The summed E-state index contributed by atoms with van der Waals surface area (Å²) in [5.74, 6) is 0.753. The second kappa shape index (κ2) is 4.83. The maximum absolute atomic E-state index is 12.3. The summed E-state index contributed by atoms with van der Waals surface area (Å²) in [6, 6.07) is 5.11. The molecule has 2 fully saturated rings. The first-order valence-electron chi connectivity index (χ1n) is 6.38. The number of hydrogen-bond acceptors (Lipinski definition) is 2. The van der Waals surface area contributed by atoms with Gasteiger partial charge in [0, 0.05) is 15.5 Å². The smallest absolute Gasteiger partial charge is 0.211 e. The summed E-state index contributed by atoms with van der Waals surface area (Å²) < 4.78 is 28.9. The molecule has 3 rings (SSSR count). The van der Waals surface area contributed by atoms with Crippen molar-refractivity contribution in [3.63, 3.8) is 0 Å². The van der Waals surface area contributed by atoms with E-state index in [1.54, 1.807) is 18.2 Å². The third-order valence-electron chi connectivity index (χ3n) is 4.13. The van der Waals surface area contributed by atoms with Crippen LogP contribution in [0.1, 0.15) is 25.7 Å². The van der Waals surface area contributed by atoms with Crippen molar-refractivity contribution in [1.29, 1.82) is 0 Å². The molecule has 0 aromatic heterocycles. The van der Waals surface area contributed by atoms with Crippen LogP contribution in [0.3, 0.4) is 0 Å². The van der Waals surface area contributed by atoms with Crippen LogP contribution in [0.5, 0.6) is 0 Å². The fraction of sp³-hybridized carbons (Fsp3) is 0.538. The quantitative estimate of drug-likeness (QED) is 0.807. The van der Waals surface area contributed by atoms with E-state index in [9.17, 15) is 8.42 Å². The molecule has 0 saturated heterocycles. The first-order valence-corrected chi connectivity index (χ1v) is 9.45. The topological polar surface area (TPSA) is 46.2 Å². The maximum atomic E-state index is 12.3. The molecule has 2 aliphatic carbocycles. The Hall–Kier alpha value is 0.0900. The molecule has 6 heteroatoms. The van der Waals surface area contributed by atoms with Crippen molar-refractivity contribution in [2.45, 2.75) is 30.6 Å². The van der Waals surface area contributed by atoms with Crippen molar-refractivity contribution in [2.75, 3.05) is 6.54 Å². The van der Waals surface area contributed by atoms with Crippen LogP contribution in [0, 0.1) is 11.3 Å². The van der Waals surface area contributed by atoms with Gasteiger partial charge in [-0.2, -0.15) is 0 Å². The number of sulfonamides is 1. The van der Waals surface area contributed by atoms with Crippen LogP contribution in [0.2, 0.25) is 0 Å². The van der Waals surface area contributed by atoms with Crippen LogP contribution < -0.4 is 4.72 Å². The van der Waals surface area contributed by atoms with Crippen molar-refractivity contribution in [3.8, 4) is 0 Å². The lowest BCUT2D eigenvalue weighted by molar-refractivity contribution is 0.432. The van der Waals surface area contributed by atoms with Crippen molar-refractivity contribution < 1.29 is 8.42 Å². The fourth-order valence-corrected chi connectivity index (χ4v) is 5.48. The first-order chi connectivity index (χ1) is 8.93. The molecule has 0 radical (unpaired) electrons. The highest BCUT2D eigenvalue weighted by molar-refractivity contribution is 9.11. The molecule has 0 heterocycles. The van der Waals surface area contributed by atoms with Gasteiger partial charge in [-0.1, -0.05) is 15.9 Å². The van der Waals surface area contributed by atoms with Gasteiger partial charge in [-0.15, -0.1) is 0 Å². The predicted molar refractivity (Wildman–Crippen MR) is 81.4 cm³/mol. The van der Waals surface area contributed by atoms with Crippen LogP contribution in [-0.4, -0.2) is 15.0 Å². The van der Waals surface area contributed by atoms with Crippen molar-refractivity contribution >= 4 is 41.9 Å². The van der Waals surface area contributed by atoms with E-state index in [0.29, 0.717) is 15.9 Å². The summed E-state index contributed by atoms with van der Waals surface area (Å²) in [5, 5.41) is 0. The van der Waals surface area contributed by atoms with Gasteiger partial charge < -0.3 is 0 Å². The van der Waals surface area contributed by atoms with Crippen LogP contribution in [0.15, 0.2) is 32.0 Å². The summed E-state index contributed by atoms with van der Waals surface area (Å²) in [6.45, 7) is 0.586. The second-order valence-corrected chi connectivity index (χ2v) is 9.04. The molecule has 1 aromatic rings. The van der Waals surface area contributed by atoms with Crippen LogP contribution in [-0.2, 0) is 10.0 Å². The van der Waals surface area contributed by atoms with Gasteiger partial charge in [0.15, 0.2) is 0 Å². The maximum Gasteiger partial charge on any atom is 0.241 e. The van der Waals surface area contributed by atoms with E-state index in [-0.39, 0.29) is 5.41 Å². The zero-order valence-electron chi connectivity index (χ0n) is 10.3. The van der Waals surface area contributed by atoms with Gasteiger partial charge in [0.05, 0.1) is 4.90 Å². The monoisotopic (exact) mass is 407 g/mol. The third kappa shape index (κ3) is 2.91. The number of nitrogens with one attached hydrogen (secondary N) is 1. The summed E-state index contributed by atoms with van der Waals surface area (Å²) in [6.07, 6.45) is 4.87. The largest absolute Gasteiger partial charge is 0.241 e. The molecule has 19 heavy (non-hydrogen) atoms. The van der Waals surface area contributed by atoms with E-state index in [1.165, 1.54) is 25.7 Å². The Balaban J connectivity index is 1.75. The molecular formula is C13H15Br2NO2S. The highest BCUT2D eigenvalue weighted by atomic mass is 79.9. The minimum absolute atomic E-state index is 0.273. The molecule has 0 bridgehead atoms. The first kappa shape index (κ1) is 14.0. The van der Waals surface area contributed by atoms with Gasteiger partial charge in [0.1, 0.15) is 0 Å². The van der Waals surface area contributed by atoms with Crippen LogP contribution in [0.4, 0.5) is 0 Å². The molecule has 2 saturated carbocycles. The summed E-state index contributed by atoms with van der Waals surface area (Å²) >= 11 is 6.64. The molecular weight excluding hydrogens is 394 g/mol. The molecule has 0 aliphatic heterocycles. The van der Waals surface area contributed by atoms with Gasteiger partial charge in [0.2, 0.25) is 10.0 Å². The second-order valence-electron chi connectivity index (χ2n) is 5.54. The molecule has 2 aliphatic rings. The Kier molecular flexibility index (Phi) is 3.57. The molecule has 0 spiro atoms. The van der Waals surface area contributed by atoms with Gasteiger partial charge in [-0.3, -0.25) is 0 Å². The molecule has 104 valence electrons. The lowest BCUT2D eigenvalue weighted by Gasteiger charge is -2.15. The fourth-order valence-electron chi connectivity index (χ4n) is 2.60. The molecule has 1 aromatic carbocycles. The van der Waals surface area contributed by atoms with Crippen LogP contribution in [0.25, 0.3) is 0 Å². The van der Waals surface area contributed by atoms with Gasteiger partial charge in [0.25, 0.3) is 0 Å². The molecule has 0 amide bonds. The Labute approximate surface area is 130 Å². The van der Waals surface area contributed by atoms with E-state index >= 15 is 0 Å². The lowest BCUT2D eigenvalue weighted by Crippen LogP contribution is -2.31. The van der Waals surface area contributed by atoms with E-state index in [1.807, 2.05) is 0 Å². The van der Waals surface area contributed by atoms with Crippen molar-refractivity contribution in [2.24, 2.45) is 11.3 Å². The summed E-state index contributed by atoms with van der Waals surface area (Å²) in [5.41, 5.74) is 0.273. The Morgan fingerprint density at radius 1 is 1.26 bits per heavy atom. The SMILES string of the molecule is O=S(=O)(NCC1(C2CC2)CC1)c1ccc(Br)cc1Br. The van der Waals surface area contributed by atoms with E-state index in [0.717, 1.165) is 10.4 Å².